The number of benzene rings is 2. The first-order chi connectivity index (χ1) is 14.1. The number of nitrogens with one attached hydrogen (secondary N) is 1. The molecule has 6 heteroatoms. The van der Waals surface area contributed by atoms with Crippen molar-refractivity contribution >= 4 is 11.8 Å². The van der Waals surface area contributed by atoms with Crippen molar-refractivity contribution < 1.29 is 14.3 Å². The SMILES string of the molecule is N#Cc1ccc(OCC(=O)N(Cc2ccc(C(=O)NC3CC3)cc2)C2CC2)cc1. The topological polar surface area (TPSA) is 82.4 Å². The molecule has 2 aliphatic carbocycles. The maximum atomic E-state index is 12.7. The minimum atomic E-state index is -0.0626. The van der Waals surface area contributed by atoms with E-state index >= 15 is 0 Å². The van der Waals surface area contributed by atoms with E-state index in [1.165, 1.54) is 0 Å². The van der Waals surface area contributed by atoms with E-state index in [-0.39, 0.29) is 24.5 Å². The van der Waals surface area contributed by atoms with E-state index in [0.29, 0.717) is 29.5 Å². The van der Waals surface area contributed by atoms with E-state index in [9.17, 15) is 9.59 Å². The van der Waals surface area contributed by atoms with Crippen LogP contribution in [-0.2, 0) is 11.3 Å². The summed E-state index contributed by atoms with van der Waals surface area (Å²) < 4.78 is 5.60. The number of hydrogen-bond donors (Lipinski definition) is 1. The number of hydrogen-bond acceptors (Lipinski definition) is 4. The molecule has 2 aromatic rings. The van der Waals surface area contributed by atoms with E-state index in [0.717, 1.165) is 31.2 Å². The van der Waals surface area contributed by atoms with Gasteiger partial charge in [-0.1, -0.05) is 12.1 Å². The third-order valence-electron chi connectivity index (χ3n) is 5.14. The van der Waals surface area contributed by atoms with Gasteiger partial charge >= 0.3 is 0 Å². The summed E-state index contributed by atoms with van der Waals surface area (Å²) in [6, 6.07) is 16.8. The molecule has 0 radical (unpaired) electrons. The molecule has 2 amide bonds. The van der Waals surface area contributed by atoms with Crippen LogP contribution in [0, 0.1) is 11.3 Å². The van der Waals surface area contributed by atoms with Crippen molar-refractivity contribution in [1.29, 1.82) is 5.26 Å². The van der Waals surface area contributed by atoms with Gasteiger partial charge in [-0.25, -0.2) is 0 Å². The normalized spacial score (nSPS) is 15.3. The van der Waals surface area contributed by atoms with Crippen LogP contribution in [-0.4, -0.2) is 35.4 Å². The zero-order valence-corrected chi connectivity index (χ0v) is 16.1. The van der Waals surface area contributed by atoms with E-state index in [4.69, 9.17) is 10.00 Å². The van der Waals surface area contributed by atoms with Gasteiger partial charge in [0.05, 0.1) is 11.6 Å². The Bertz CT molecular complexity index is 923. The lowest BCUT2D eigenvalue weighted by Gasteiger charge is -2.23. The number of amides is 2. The second kappa shape index (κ2) is 8.36. The van der Waals surface area contributed by atoms with Crippen LogP contribution in [0.5, 0.6) is 5.75 Å². The summed E-state index contributed by atoms with van der Waals surface area (Å²) in [6.45, 7) is 0.467. The van der Waals surface area contributed by atoms with Crippen molar-refractivity contribution in [3.05, 3.63) is 65.2 Å². The van der Waals surface area contributed by atoms with Crippen LogP contribution < -0.4 is 10.1 Å². The van der Waals surface area contributed by atoms with Crippen molar-refractivity contribution in [3.63, 3.8) is 0 Å². The summed E-state index contributed by atoms with van der Waals surface area (Å²) >= 11 is 0. The molecular formula is C23H23N3O3. The number of ether oxygens (including phenoxy) is 1. The molecule has 0 aliphatic heterocycles. The second-order valence-corrected chi connectivity index (χ2v) is 7.62. The van der Waals surface area contributed by atoms with Gasteiger partial charge < -0.3 is 15.0 Å². The predicted octanol–water partition coefficient (Wildman–Crippen LogP) is 3.02. The Balaban J connectivity index is 1.34. The molecule has 29 heavy (non-hydrogen) atoms. The van der Waals surface area contributed by atoms with Crippen LogP contribution in [0.25, 0.3) is 0 Å². The monoisotopic (exact) mass is 389 g/mol. The fourth-order valence-electron chi connectivity index (χ4n) is 3.12. The molecule has 2 aliphatic rings. The number of carbonyl (C=O) groups is 2. The molecular weight excluding hydrogens is 366 g/mol. The Morgan fingerprint density at radius 1 is 1.03 bits per heavy atom. The molecule has 1 N–H and O–H groups in total. The minimum Gasteiger partial charge on any atom is -0.484 e. The second-order valence-electron chi connectivity index (χ2n) is 7.62. The lowest BCUT2D eigenvalue weighted by molar-refractivity contribution is -0.134. The fourth-order valence-corrected chi connectivity index (χ4v) is 3.12. The highest BCUT2D eigenvalue weighted by atomic mass is 16.5. The molecule has 0 saturated heterocycles. The highest BCUT2D eigenvalue weighted by Gasteiger charge is 2.32. The Morgan fingerprint density at radius 3 is 2.31 bits per heavy atom. The minimum absolute atomic E-state index is 0.0370. The van der Waals surface area contributed by atoms with Gasteiger partial charge in [-0.2, -0.15) is 5.26 Å². The number of nitriles is 1. The molecule has 2 aromatic carbocycles. The number of carbonyl (C=O) groups excluding carboxylic acids is 2. The average Bonchev–Trinajstić information content (AvgIpc) is 3.66. The van der Waals surface area contributed by atoms with Gasteiger partial charge in [0.15, 0.2) is 6.61 Å². The van der Waals surface area contributed by atoms with E-state index in [1.54, 1.807) is 24.3 Å². The lowest BCUT2D eigenvalue weighted by atomic mass is 10.1. The van der Waals surface area contributed by atoms with Gasteiger partial charge in [-0.3, -0.25) is 9.59 Å². The van der Waals surface area contributed by atoms with Gasteiger partial charge in [0.1, 0.15) is 5.75 Å². The van der Waals surface area contributed by atoms with E-state index < -0.39 is 0 Å². The highest BCUT2D eigenvalue weighted by Crippen LogP contribution is 2.29. The molecule has 2 saturated carbocycles. The summed E-state index contributed by atoms with van der Waals surface area (Å²) in [5.74, 6) is 0.469. The molecule has 0 bridgehead atoms. The maximum Gasteiger partial charge on any atom is 0.261 e. The molecule has 148 valence electrons. The van der Waals surface area contributed by atoms with Gasteiger partial charge in [0.2, 0.25) is 0 Å². The first-order valence-corrected chi connectivity index (χ1v) is 9.94. The Labute approximate surface area is 170 Å². The standard InChI is InChI=1S/C23H23N3O3/c24-13-16-3-11-21(12-4-16)29-15-22(27)26(20-9-10-20)14-17-1-5-18(6-2-17)23(28)25-19-7-8-19/h1-6,11-12,19-20H,7-10,14-15H2,(H,25,28). The summed E-state index contributed by atoms with van der Waals surface area (Å²) in [5.41, 5.74) is 2.19. The highest BCUT2D eigenvalue weighted by molar-refractivity contribution is 5.94. The summed E-state index contributed by atoms with van der Waals surface area (Å²) in [6.07, 6.45) is 4.13. The van der Waals surface area contributed by atoms with Gasteiger partial charge in [-0.15, -0.1) is 0 Å². The van der Waals surface area contributed by atoms with Crippen molar-refractivity contribution in [2.75, 3.05) is 6.61 Å². The van der Waals surface area contributed by atoms with Crippen molar-refractivity contribution in [3.8, 4) is 11.8 Å². The molecule has 0 unspecified atom stereocenters. The van der Waals surface area contributed by atoms with Crippen LogP contribution >= 0.6 is 0 Å². The van der Waals surface area contributed by atoms with Crippen molar-refractivity contribution in [2.24, 2.45) is 0 Å². The van der Waals surface area contributed by atoms with Crippen LogP contribution in [0.15, 0.2) is 48.5 Å². The molecule has 0 aromatic heterocycles. The molecule has 0 spiro atoms. The predicted molar refractivity (Wildman–Crippen MR) is 107 cm³/mol. The first kappa shape index (κ1) is 19.0. The van der Waals surface area contributed by atoms with Crippen LogP contribution in [0.2, 0.25) is 0 Å². The van der Waals surface area contributed by atoms with Gasteiger partial charge in [0, 0.05) is 24.2 Å². The molecule has 0 heterocycles. The largest absolute Gasteiger partial charge is 0.484 e. The summed E-state index contributed by atoms with van der Waals surface area (Å²) in [5, 5.41) is 11.8. The quantitative estimate of drug-likeness (QED) is 0.752. The third-order valence-corrected chi connectivity index (χ3v) is 5.14. The Hall–Kier alpha value is -3.33. The fraction of sp³-hybridized carbons (Fsp3) is 0.348. The number of rotatable bonds is 8. The maximum absolute atomic E-state index is 12.7. The number of nitrogens with zero attached hydrogens (tertiary/aromatic N) is 2. The van der Waals surface area contributed by atoms with Crippen molar-refractivity contribution in [2.45, 2.75) is 44.3 Å². The van der Waals surface area contributed by atoms with Crippen LogP contribution in [0.3, 0.4) is 0 Å². The average molecular weight is 389 g/mol. The Kier molecular flexibility index (Phi) is 5.48. The Morgan fingerprint density at radius 2 is 1.72 bits per heavy atom. The lowest BCUT2D eigenvalue weighted by Crippen LogP contribution is -2.36. The van der Waals surface area contributed by atoms with Gasteiger partial charge in [-0.05, 0) is 67.6 Å². The molecule has 6 nitrogen and oxygen atoms in total. The summed E-state index contributed by atoms with van der Waals surface area (Å²) in [7, 11) is 0. The van der Waals surface area contributed by atoms with Gasteiger partial charge in [0.25, 0.3) is 11.8 Å². The third kappa shape index (κ3) is 5.14. The molecule has 2 fully saturated rings. The zero-order valence-electron chi connectivity index (χ0n) is 16.1. The van der Waals surface area contributed by atoms with Crippen LogP contribution in [0.1, 0.15) is 47.2 Å². The molecule has 4 rings (SSSR count). The smallest absolute Gasteiger partial charge is 0.261 e. The van der Waals surface area contributed by atoms with E-state index in [2.05, 4.69) is 11.4 Å². The van der Waals surface area contributed by atoms with Crippen LogP contribution in [0.4, 0.5) is 0 Å². The van der Waals surface area contributed by atoms with E-state index in [1.807, 2.05) is 29.2 Å². The first-order valence-electron chi connectivity index (χ1n) is 9.94. The zero-order chi connectivity index (χ0) is 20.2. The van der Waals surface area contributed by atoms with Crippen molar-refractivity contribution in [1.82, 2.24) is 10.2 Å². The summed E-state index contributed by atoms with van der Waals surface area (Å²) in [4.78, 5) is 26.7. The molecule has 0 atom stereocenters.